The van der Waals surface area contributed by atoms with Crippen LogP contribution in [0.3, 0.4) is 0 Å². The van der Waals surface area contributed by atoms with Gasteiger partial charge in [-0.25, -0.2) is 0 Å². The number of carboxylic acid groups (broad SMARTS) is 1. The van der Waals surface area contributed by atoms with Crippen molar-refractivity contribution in [2.45, 2.75) is 105 Å². The lowest BCUT2D eigenvalue weighted by molar-refractivity contribution is -0.203. The lowest BCUT2D eigenvalue weighted by Gasteiger charge is -2.64. The van der Waals surface area contributed by atoms with Gasteiger partial charge in [0, 0.05) is 0 Å². The van der Waals surface area contributed by atoms with Crippen LogP contribution in [0.4, 0.5) is 0 Å². The van der Waals surface area contributed by atoms with Gasteiger partial charge >= 0.3 is 5.97 Å². The van der Waals surface area contributed by atoms with E-state index < -0.39 is 5.97 Å². The van der Waals surface area contributed by atoms with Gasteiger partial charge in [-0.05, 0) is 104 Å². The van der Waals surface area contributed by atoms with E-state index in [1.807, 2.05) is 6.92 Å². The lowest BCUT2D eigenvalue weighted by Crippen LogP contribution is -2.62. The zero-order chi connectivity index (χ0) is 22.7. The Morgan fingerprint density at radius 3 is 2.26 bits per heavy atom. The van der Waals surface area contributed by atoms with Crippen LogP contribution in [-0.2, 0) is 4.79 Å². The summed E-state index contributed by atoms with van der Waals surface area (Å²) in [5, 5.41) is 31.6. The van der Waals surface area contributed by atoms with E-state index in [-0.39, 0.29) is 29.0 Å². The van der Waals surface area contributed by atoms with Crippen molar-refractivity contribution < 1.29 is 20.1 Å². The maximum atomic E-state index is 11.7. The van der Waals surface area contributed by atoms with Crippen molar-refractivity contribution in [3.63, 3.8) is 0 Å². The number of carbonyl (C=O) groups is 1. The largest absolute Gasteiger partial charge is 0.481 e. The Morgan fingerprint density at radius 2 is 1.61 bits per heavy atom. The molecule has 0 aromatic rings. The number of fused-ring (bicyclic) bond motifs is 5. The van der Waals surface area contributed by atoms with Gasteiger partial charge in [0.15, 0.2) is 0 Å². The van der Waals surface area contributed by atoms with E-state index in [4.69, 9.17) is 0 Å². The van der Waals surface area contributed by atoms with Crippen LogP contribution in [0.2, 0.25) is 0 Å². The van der Waals surface area contributed by atoms with Crippen LogP contribution in [0.1, 0.15) is 92.4 Å². The third-order valence-corrected chi connectivity index (χ3v) is 11.3. The van der Waals surface area contributed by atoms with E-state index in [9.17, 15) is 20.1 Å². The Morgan fingerprint density at radius 1 is 0.968 bits per heavy atom. The van der Waals surface area contributed by atoms with Crippen molar-refractivity contribution in [2.24, 2.45) is 58.2 Å². The molecule has 0 bridgehead atoms. The predicted molar refractivity (Wildman–Crippen MR) is 122 cm³/mol. The minimum atomic E-state index is -0.679. The molecule has 178 valence electrons. The van der Waals surface area contributed by atoms with Crippen LogP contribution < -0.4 is 0 Å². The van der Waals surface area contributed by atoms with E-state index in [1.165, 1.54) is 25.7 Å². The summed E-state index contributed by atoms with van der Waals surface area (Å²) in [5.41, 5.74) is 0.460. The second-order valence-electron chi connectivity index (χ2n) is 12.6. The second-order valence-corrected chi connectivity index (χ2v) is 12.6. The standard InChI is InChI=1S/C27H46O4/c1-6-18-22-14-17(28)9-11-27(22,5)21-10-12-26(4)19(15(2)13-16(3)25(30)31)7-8-20(26)23(21)24(18)29/h15-24,28-29H,6-14H2,1-5H3,(H,30,31)/t15-,16+,17-,18-,19?,20?,21?,22+,23?,24-,26-,27-/m1/s1. The highest BCUT2D eigenvalue weighted by Gasteiger charge is 2.64. The summed E-state index contributed by atoms with van der Waals surface area (Å²) in [6.07, 6.45) is 8.95. The predicted octanol–water partition coefficient (Wildman–Crippen LogP) is 5.36. The number of hydrogen-bond donors (Lipinski definition) is 3. The van der Waals surface area contributed by atoms with Crippen LogP contribution in [0.25, 0.3) is 0 Å². The maximum Gasteiger partial charge on any atom is 0.306 e. The lowest BCUT2D eigenvalue weighted by atomic mass is 9.41. The minimum Gasteiger partial charge on any atom is -0.481 e. The van der Waals surface area contributed by atoms with Crippen molar-refractivity contribution in [1.29, 1.82) is 0 Å². The molecule has 0 radical (unpaired) electrons. The van der Waals surface area contributed by atoms with Gasteiger partial charge in [-0.1, -0.05) is 41.0 Å². The van der Waals surface area contributed by atoms with Crippen LogP contribution in [0, 0.1) is 58.2 Å². The summed E-state index contributed by atoms with van der Waals surface area (Å²) in [5.74, 6) is 2.23. The van der Waals surface area contributed by atoms with Crippen LogP contribution in [0.5, 0.6) is 0 Å². The summed E-state index contributed by atoms with van der Waals surface area (Å²) in [6, 6.07) is 0. The number of aliphatic hydroxyl groups is 2. The van der Waals surface area contributed by atoms with Crippen LogP contribution in [0.15, 0.2) is 0 Å². The Kier molecular flexibility index (Phi) is 6.31. The molecule has 0 aromatic carbocycles. The first-order valence-corrected chi connectivity index (χ1v) is 13.1. The van der Waals surface area contributed by atoms with Crippen molar-refractivity contribution in [2.75, 3.05) is 0 Å². The van der Waals surface area contributed by atoms with Gasteiger partial charge in [-0.2, -0.15) is 0 Å². The highest BCUT2D eigenvalue weighted by atomic mass is 16.4. The van der Waals surface area contributed by atoms with E-state index >= 15 is 0 Å². The van der Waals surface area contributed by atoms with Gasteiger partial charge in [-0.3, -0.25) is 4.79 Å². The Labute approximate surface area is 189 Å². The van der Waals surface area contributed by atoms with Gasteiger partial charge in [0.2, 0.25) is 0 Å². The zero-order valence-corrected chi connectivity index (χ0v) is 20.4. The number of aliphatic hydroxyl groups excluding tert-OH is 2. The summed E-state index contributed by atoms with van der Waals surface area (Å²) < 4.78 is 0. The first-order valence-electron chi connectivity index (χ1n) is 13.1. The Bertz CT molecular complexity index is 678. The highest BCUT2D eigenvalue weighted by Crippen LogP contribution is 2.69. The minimum absolute atomic E-state index is 0.197. The molecule has 0 saturated heterocycles. The molecule has 0 heterocycles. The number of carboxylic acids is 1. The zero-order valence-electron chi connectivity index (χ0n) is 20.4. The number of hydrogen-bond acceptors (Lipinski definition) is 3. The molecule has 3 N–H and O–H groups in total. The molecular formula is C27H46O4. The molecule has 4 fully saturated rings. The number of rotatable bonds is 5. The molecule has 31 heavy (non-hydrogen) atoms. The third kappa shape index (κ3) is 3.59. The smallest absolute Gasteiger partial charge is 0.306 e. The van der Waals surface area contributed by atoms with Crippen molar-refractivity contribution in [1.82, 2.24) is 0 Å². The molecule has 4 heteroatoms. The first kappa shape index (κ1) is 23.5. The summed E-state index contributed by atoms with van der Waals surface area (Å²) in [7, 11) is 0. The topological polar surface area (TPSA) is 77.8 Å². The molecule has 4 unspecified atom stereocenters. The fourth-order valence-electron chi connectivity index (χ4n) is 9.76. The van der Waals surface area contributed by atoms with E-state index in [0.717, 1.165) is 32.1 Å². The molecule has 0 aromatic heterocycles. The van der Waals surface area contributed by atoms with Crippen LogP contribution >= 0.6 is 0 Å². The molecule has 4 aliphatic rings. The van der Waals surface area contributed by atoms with Gasteiger partial charge in [0.25, 0.3) is 0 Å². The van der Waals surface area contributed by atoms with Crippen LogP contribution in [-0.4, -0.2) is 33.5 Å². The quantitative estimate of drug-likeness (QED) is 0.544. The number of aliphatic carboxylic acids is 1. The molecule has 0 amide bonds. The van der Waals surface area contributed by atoms with Gasteiger partial charge in [-0.15, -0.1) is 0 Å². The fourth-order valence-corrected chi connectivity index (χ4v) is 9.76. The average molecular weight is 435 g/mol. The molecule has 0 aliphatic heterocycles. The molecule has 0 spiro atoms. The average Bonchev–Trinajstić information content (AvgIpc) is 3.06. The van der Waals surface area contributed by atoms with Gasteiger partial charge in [0.05, 0.1) is 18.1 Å². The molecule has 12 atom stereocenters. The Hall–Kier alpha value is -0.610. The normalized spacial score (nSPS) is 51.3. The van der Waals surface area contributed by atoms with Crippen molar-refractivity contribution in [3.05, 3.63) is 0 Å². The molecule has 4 aliphatic carbocycles. The summed E-state index contributed by atoms with van der Waals surface area (Å²) in [4.78, 5) is 11.5. The summed E-state index contributed by atoms with van der Waals surface area (Å²) >= 11 is 0. The molecule has 4 nitrogen and oxygen atoms in total. The monoisotopic (exact) mass is 434 g/mol. The first-order chi connectivity index (χ1) is 14.5. The molecule has 4 saturated carbocycles. The third-order valence-electron chi connectivity index (χ3n) is 11.3. The maximum absolute atomic E-state index is 11.7. The van der Waals surface area contributed by atoms with E-state index in [1.54, 1.807) is 0 Å². The van der Waals surface area contributed by atoms with Gasteiger partial charge in [0.1, 0.15) is 0 Å². The SMILES string of the molecule is CC[C@H]1[C@@H](O)C2C3CCC([C@H](C)C[C@H](C)C(=O)O)[C@@]3(C)CCC2[C@@]2(C)CC[C@@H](O)C[C@@H]12. The Balaban J connectivity index is 1.61. The van der Waals surface area contributed by atoms with E-state index in [0.29, 0.717) is 41.4 Å². The van der Waals surface area contributed by atoms with Crippen molar-refractivity contribution in [3.8, 4) is 0 Å². The highest BCUT2D eigenvalue weighted by molar-refractivity contribution is 5.69. The van der Waals surface area contributed by atoms with Crippen molar-refractivity contribution >= 4 is 5.97 Å². The van der Waals surface area contributed by atoms with Gasteiger partial charge < -0.3 is 15.3 Å². The fraction of sp³-hybridized carbons (Fsp3) is 0.963. The summed E-state index contributed by atoms with van der Waals surface area (Å²) in [6.45, 7) is 11.3. The van der Waals surface area contributed by atoms with E-state index in [2.05, 4.69) is 27.7 Å². The molecular weight excluding hydrogens is 388 g/mol. The second kappa shape index (κ2) is 8.31. The molecule has 4 rings (SSSR count).